The summed E-state index contributed by atoms with van der Waals surface area (Å²) < 4.78 is 9.76. The van der Waals surface area contributed by atoms with Crippen LogP contribution < -0.4 is 10.5 Å². The maximum atomic E-state index is 9.71. The van der Waals surface area contributed by atoms with E-state index in [4.69, 9.17) is 26.6 Å². The lowest BCUT2D eigenvalue weighted by molar-refractivity contribution is 0.412. The van der Waals surface area contributed by atoms with Gasteiger partial charge >= 0.3 is 0 Å². The Bertz CT molecular complexity index is 525. The van der Waals surface area contributed by atoms with Gasteiger partial charge < -0.3 is 20.1 Å². The smallest absolute Gasteiger partial charge is 0.222 e. The van der Waals surface area contributed by atoms with Gasteiger partial charge in [-0.1, -0.05) is 16.8 Å². The minimum absolute atomic E-state index is 0.0147. The SMILES string of the molecule is COc1cc(-c2cc(N)on2)c(O)cc1Cl. The standard InChI is InChI=1S/C10H9ClN2O3/c1-15-9-2-5(8(14)3-6(9)11)7-4-10(12)16-13-7/h2-4,14H,12H2,1H3. The van der Waals surface area contributed by atoms with Gasteiger partial charge in [-0.3, -0.25) is 0 Å². The van der Waals surface area contributed by atoms with Crippen molar-refractivity contribution in [1.82, 2.24) is 5.16 Å². The molecule has 84 valence electrons. The maximum absolute atomic E-state index is 9.71. The number of benzene rings is 1. The second kappa shape index (κ2) is 3.94. The molecule has 0 atom stereocenters. The summed E-state index contributed by atoms with van der Waals surface area (Å²) in [7, 11) is 1.49. The first-order valence-corrected chi connectivity index (χ1v) is 4.78. The minimum Gasteiger partial charge on any atom is -0.507 e. The molecule has 0 bridgehead atoms. The third-order valence-electron chi connectivity index (χ3n) is 2.07. The summed E-state index contributed by atoms with van der Waals surface area (Å²) in [5.74, 6) is 0.596. The van der Waals surface area contributed by atoms with Gasteiger partial charge in [0.05, 0.1) is 12.1 Å². The summed E-state index contributed by atoms with van der Waals surface area (Å²) in [5.41, 5.74) is 6.27. The molecule has 1 aromatic carbocycles. The molecule has 0 saturated heterocycles. The first kappa shape index (κ1) is 10.6. The van der Waals surface area contributed by atoms with Crippen molar-refractivity contribution in [2.75, 3.05) is 12.8 Å². The van der Waals surface area contributed by atoms with Gasteiger partial charge in [-0.15, -0.1) is 0 Å². The van der Waals surface area contributed by atoms with Crippen LogP contribution in [0.2, 0.25) is 5.02 Å². The van der Waals surface area contributed by atoms with Crippen molar-refractivity contribution < 1.29 is 14.4 Å². The van der Waals surface area contributed by atoms with Crippen molar-refractivity contribution in [3.63, 3.8) is 0 Å². The molecule has 0 saturated carbocycles. The average Bonchev–Trinajstić information content (AvgIpc) is 2.65. The Hall–Kier alpha value is -1.88. The zero-order valence-corrected chi connectivity index (χ0v) is 9.15. The molecule has 2 rings (SSSR count). The number of aromatic nitrogens is 1. The van der Waals surface area contributed by atoms with Crippen LogP contribution in [0, 0.1) is 0 Å². The van der Waals surface area contributed by atoms with Crippen LogP contribution in [0.25, 0.3) is 11.3 Å². The molecule has 6 heteroatoms. The zero-order valence-electron chi connectivity index (χ0n) is 8.40. The van der Waals surface area contributed by atoms with E-state index in [1.165, 1.54) is 19.2 Å². The fraction of sp³-hybridized carbons (Fsp3) is 0.100. The molecule has 0 unspecified atom stereocenters. The average molecular weight is 241 g/mol. The summed E-state index contributed by atoms with van der Waals surface area (Å²) in [6.45, 7) is 0. The number of aromatic hydroxyl groups is 1. The number of halogens is 1. The Morgan fingerprint density at radius 3 is 2.75 bits per heavy atom. The van der Waals surface area contributed by atoms with E-state index in [0.717, 1.165) is 0 Å². The quantitative estimate of drug-likeness (QED) is 0.842. The Kier molecular flexibility index (Phi) is 2.62. The maximum Gasteiger partial charge on any atom is 0.222 e. The van der Waals surface area contributed by atoms with Gasteiger partial charge in [0, 0.05) is 17.7 Å². The van der Waals surface area contributed by atoms with Crippen molar-refractivity contribution in [3.8, 4) is 22.8 Å². The number of ether oxygens (including phenoxy) is 1. The molecule has 0 amide bonds. The van der Waals surface area contributed by atoms with Gasteiger partial charge in [-0.25, -0.2) is 0 Å². The van der Waals surface area contributed by atoms with Crippen LogP contribution in [0.5, 0.6) is 11.5 Å². The summed E-state index contributed by atoms with van der Waals surface area (Å²) in [6, 6.07) is 4.44. The predicted molar refractivity (Wildman–Crippen MR) is 59.6 cm³/mol. The first-order chi connectivity index (χ1) is 7.61. The number of phenols is 1. The van der Waals surface area contributed by atoms with E-state index in [2.05, 4.69) is 5.16 Å². The number of anilines is 1. The van der Waals surface area contributed by atoms with Crippen LogP contribution in [0.15, 0.2) is 22.7 Å². The van der Waals surface area contributed by atoms with Crippen molar-refractivity contribution in [2.45, 2.75) is 0 Å². The van der Waals surface area contributed by atoms with E-state index in [0.29, 0.717) is 22.0 Å². The summed E-state index contributed by atoms with van der Waals surface area (Å²) in [4.78, 5) is 0. The lowest BCUT2D eigenvalue weighted by Gasteiger charge is -2.06. The van der Waals surface area contributed by atoms with Crippen LogP contribution in [0.3, 0.4) is 0 Å². The molecular weight excluding hydrogens is 232 g/mol. The molecular formula is C10H9ClN2O3. The summed E-state index contributed by atoms with van der Waals surface area (Å²) in [5, 5.41) is 13.7. The van der Waals surface area contributed by atoms with Gasteiger partial charge in [-0.05, 0) is 6.07 Å². The highest BCUT2D eigenvalue weighted by Gasteiger charge is 2.13. The molecule has 1 aromatic heterocycles. The number of phenolic OH excluding ortho intramolecular Hbond substituents is 1. The van der Waals surface area contributed by atoms with Gasteiger partial charge in [0.25, 0.3) is 0 Å². The predicted octanol–water partition coefficient (Wildman–Crippen LogP) is 2.29. The zero-order chi connectivity index (χ0) is 11.7. The van der Waals surface area contributed by atoms with E-state index in [-0.39, 0.29) is 11.6 Å². The monoisotopic (exact) mass is 240 g/mol. The normalized spacial score (nSPS) is 10.4. The van der Waals surface area contributed by atoms with E-state index in [9.17, 15) is 5.11 Å². The highest BCUT2D eigenvalue weighted by molar-refractivity contribution is 6.32. The molecule has 0 aliphatic heterocycles. The number of hydrogen-bond acceptors (Lipinski definition) is 5. The van der Waals surface area contributed by atoms with E-state index >= 15 is 0 Å². The van der Waals surface area contributed by atoms with E-state index in [1.807, 2.05) is 0 Å². The molecule has 0 fully saturated rings. The van der Waals surface area contributed by atoms with Crippen molar-refractivity contribution >= 4 is 17.5 Å². The molecule has 5 nitrogen and oxygen atoms in total. The molecule has 3 N–H and O–H groups in total. The second-order valence-corrected chi connectivity index (χ2v) is 3.53. The largest absolute Gasteiger partial charge is 0.507 e. The molecule has 16 heavy (non-hydrogen) atoms. The highest BCUT2D eigenvalue weighted by atomic mass is 35.5. The van der Waals surface area contributed by atoms with E-state index in [1.54, 1.807) is 6.07 Å². The van der Waals surface area contributed by atoms with Crippen LogP contribution in [0.4, 0.5) is 5.88 Å². The second-order valence-electron chi connectivity index (χ2n) is 3.12. The number of methoxy groups -OCH3 is 1. The molecule has 0 aliphatic carbocycles. The summed E-state index contributed by atoms with van der Waals surface area (Å²) in [6.07, 6.45) is 0. The fourth-order valence-electron chi connectivity index (χ4n) is 1.32. The molecule has 1 heterocycles. The third-order valence-corrected chi connectivity index (χ3v) is 2.37. The number of nitrogen functional groups attached to an aromatic ring is 1. The van der Waals surface area contributed by atoms with Crippen LogP contribution >= 0.6 is 11.6 Å². The lowest BCUT2D eigenvalue weighted by atomic mass is 10.1. The van der Waals surface area contributed by atoms with Gasteiger partial charge in [-0.2, -0.15) is 0 Å². The number of nitrogens with two attached hydrogens (primary N) is 1. The minimum atomic E-state index is -0.0147. The Balaban J connectivity index is 2.56. The number of hydrogen-bond donors (Lipinski definition) is 2. The third kappa shape index (κ3) is 1.77. The molecule has 0 radical (unpaired) electrons. The van der Waals surface area contributed by atoms with Crippen molar-refractivity contribution in [2.24, 2.45) is 0 Å². The fourth-order valence-corrected chi connectivity index (χ4v) is 1.56. The molecule has 0 spiro atoms. The highest BCUT2D eigenvalue weighted by Crippen LogP contribution is 2.37. The number of rotatable bonds is 2. The topological polar surface area (TPSA) is 81.5 Å². The van der Waals surface area contributed by atoms with Gasteiger partial charge in [0.1, 0.15) is 17.2 Å². The Morgan fingerprint density at radius 2 is 2.19 bits per heavy atom. The first-order valence-electron chi connectivity index (χ1n) is 4.41. The van der Waals surface area contributed by atoms with Crippen molar-refractivity contribution in [3.05, 3.63) is 23.2 Å². The van der Waals surface area contributed by atoms with Gasteiger partial charge in [0.2, 0.25) is 5.88 Å². The summed E-state index contributed by atoms with van der Waals surface area (Å²) >= 11 is 5.84. The Morgan fingerprint density at radius 1 is 1.44 bits per heavy atom. The van der Waals surface area contributed by atoms with E-state index < -0.39 is 0 Å². The molecule has 0 aliphatic rings. The van der Waals surface area contributed by atoms with Crippen molar-refractivity contribution in [1.29, 1.82) is 0 Å². The van der Waals surface area contributed by atoms with Gasteiger partial charge in [0.15, 0.2) is 0 Å². The Labute approximate surface area is 96.4 Å². The number of nitrogens with zero attached hydrogens (tertiary/aromatic N) is 1. The van der Waals surface area contributed by atoms with Crippen LogP contribution in [-0.4, -0.2) is 17.4 Å². The van der Waals surface area contributed by atoms with Crippen LogP contribution in [-0.2, 0) is 0 Å². The molecule has 2 aromatic rings. The lowest BCUT2D eigenvalue weighted by Crippen LogP contribution is -1.86. The van der Waals surface area contributed by atoms with Crippen LogP contribution in [0.1, 0.15) is 0 Å².